The first-order valence-electron chi connectivity index (χ1n) is 7.59. The number of aryl methyl sites for hydroxylation is 1. The van der Waals surface area contributed by atoms with E-state index in [4.69, 9.17) is 5.73 Å². The summed E-state index contributed by atoms with van der Waals surface area (Å²) in [7, 11) is -3.07. The quantitative estimate of drug-likeness (QED) is 0.908. The standard InChI is InChI=1S/C16H25NO2S/c1-2-13-8-10-14(11-9-13)16(17)12-20(18,19)15-6-4-3-5-7-15/h8-11,15-16H,2-7,12,17H2,1H3. The predicted octanol–water partition coefficient (Wildman–Crippen LogP) is 3.00. The molecule has 0 aromatic heterocycles. The van der Waals surface area contributed by atoms with Crippen LogP contribution in [0.5, 0.6) is 0 Å². The maximum absolute atomic E-state index is 12.4. The van der Waals surface area contributed by atoms with Crippen molar-refractivity contribution in [1.29, 1.82) is 0 Å². The summed E-state index contributed by atoms with van der Waals surface area (Å²) in [5.41, 5.74) is 8.26. The molecule has 20 heavy (non-hydrogen) atoms. The molecule has 0 radical (unpaired) electrons. The fourth-order valence-electron chi connectivity index (χ4n) is 2.91. The van der Waals surface area contributed by atoms with Crippen molar-refractivity contribution in [2.24, 2.45) is 5.73 Å². The van der Waals surface area contributed by atoms with E-state index in [9.17, 15) is 8.42 Å². The van der Waals surface area contributed by atoms with Crippen molar-refractivity contribution in [3.63, 3.8) is 0 Å². The molecular formula is C16H25NO2S. The van der Waals surface area contributed by atoms with Crippen molar-refractivity contribution >= 4 is 9.84 Å². The maximum atomic E-state index is 12.4. The number of nitrogens with two attached hydrogens (primary N) is 1. The Bertz CT molecular complexity index is 516. The molecule has 1 saturated carbocycles. The van der Waals surface area contributed by atoms with E-state index in [0.29, 0.717) is 0 Å². The third-order valence-electron chi connectivity index (χ3n) is 4.29. The summed E-state index contributed by atoms with van der Waals surface area (Å²) in [6.45, 7) is 2.10. The fourth-order valence-corrected chi connectivity index (χ4v) is 4.92. The molecule has 1 aromatic rings. The van der Waals surface area contributed by atoms with Crippen LogP contribution in [0.4, 0.5) is 0 Å². The van der Waals surface area contributed by atoms with Crippen molar-refractivity contribution in [3.8, 4) is 0 Å². The van der Waals surface area contributed by atoms with E-state index in [2.05, 4.69) is 6.92 Å². The lowest BCUT2D eigenvalue weighted by Crippen LogP contribution is -2.31. The van der Waals surface area contributed by atoms with Crippen LogP contribution in [-0.4, -0.2) is 19.4 Å². The zero-order valence-electron chi connectivity index (χ0n) is 12.2. The van der Waals surface area contributed by atoms with Crippen LogP contribution < -0.4 is 5.73 Å². The Hall–Kier alpha value is -0.870. The molecule has 1 aliphatic carbocycles. The van der Waals surface area contributed by atoms with Gasteiger partial charge < -0.3 is 5.73 Å². The van der Waals surface area contributed by atoms with E-state index in [0.717, 1.165) is 44.1 Å². The molecule has 112 valence electrons. The van der Waals surface area contributed by atoms with Gasteiger partial charge >= 0.3 is 0 Å². The lowest BCUT2D eigenvalue weighted by Gasteiger charge is -2.23. The third-order valence-corrected chi connectivity index (χ3v) is 6.60. The van der Waals surface area contributed by atoms with Crippen LogP contribution in [0, 0.1) is 0 Å². The minimum Gasteiger partial charge on any atom is -0.323 e. The molecule has 1 aliphatic rings. The molecule has 2 N–H and O–H groups in total. The Morgan fingerprint density at radius 3 is 2.30 bits per heavy atom. The van der Waals surface area contributed by atoms with Crippen LogP contribution in [0.1, 0.15) is 56.2 Å². The topological polar surface area (TPSA) is 60.2 Å². The molecule has 1 fully saturated rings. The van der Waals surface area contributed by atoms with Gasteiger partial charge in [0.05, 0.1) is 11.0 Å². The molecule has 0 heterocycles. The summed E-state index contributed by atoms with van der Waals surface area (Å²) in [6.07, 6.45) is 5.83. The summed E-state index contributed by atoms with van der Waals surface area (Å²) < 4.78 is 24.8. The van der Waals surface area contributed by atoms with Crippen LogP contribution in [0.2, 0.25) is 0 Å². The van der Waals surface area contributed by atoms with Gasteiger partial charge in [-0.2, -0.15) is 0 Å². The van der Waals surface area contributed by atoms with Crippen LogP contribution in [0.25, 0.3) is 0 Å². The van der Waals surface area contributed by atoms with Crippen molar-refractivity contribution in [1.82, 2.24) is 0 Å². The summed E-state index contributed by atoms with van der Waals surface area (Å²) in [6, 6.07) is 7.57. The number of sulfone groups is 1. The number of benzene rings is 1. The lowest BCUT2D eigenvalue weighted by molar-refractivity contribution is 0.481. The van der Waals surface area contributed by atoms with Gasteiger partial charge in [0.15, 0.2) is 9.84 Å². The summed E-state index contributed by atoms with van der Waals surface area (Å²) in [5.74, 6) is 0.0726. The Labute approximate surface area is 122 Å². The molecule has 1 unspecified atom stereocenters. The molecule has 2 rings (SSSR count). The Morgan fingerprint density at radius 2 is 1.75 bits per heavy atom. The number of hydrogen-bond acceptors (Lipinski definition) is 3. The highest BCUT2D eigenvalue weighted by atomic mass is 32.2. The van der Waals surface area contributed by atoms with Crippen molar-refractivity contribution < 1.29 is 8.42 Å². The largest absolute Gasteiger partial charge is 0.323 e. The van der Waals surface area contributed by atoms with Gasteiger partial charge in [0.2, 0.25) is 0 Å². The van der Waals surface area contributed by atoms with Crippen LogP contribution in [0.15, 0.2) is 24.3 Å². The third kappa shape index (κ3) is 3.83. The molecule has 0 amide bonds. The van der Waals surface area contributed by atoms with Gasteiger partial charge in [0, 0.05) is 6.04 Å². The van der Waals surface area contributed by atoms with E-state index < -0.39 is 15.9 Å². The molecule has 4 heteroatoms. The first-order valence-corrected chi connectivity index (χ1v) is 9.30. The number of hydrogen-bond donors (Lipinski definition) is 1. The first-order chi connectivity index (χ1) is 9.53. The Balaban J connectivity index is 2.03. The SMILES string of the molecule is CCc1ccc(C(N)CS(=O)(=O)C2CCCCC2)cc1. The average Bonchev–Trinajstić information content (AvgIpc) is 2.48. The van der Waals surface area contributed by atoms with Gasteiger partial charge in [0.25, 0.3) is 0 Å². The highest BCUT2D eigenvalue weighted by Gasteiger charge is 2.29. The van der Waals surface area contributed by atoms with Crippen molar-refractivity contribution in [2.45, 2.75) is 56.7 Å². The van der Waals surface area contributed by atoms with Gasteiger partial charge in [-0.15, -0.1) is 0 Å². The molecule has 1 aromatic carbocycles. The second-order valence-electron chi connectivity index (χ2n) is 5.79. The second-order valence-corrected chi connectivity index (χ2v) is 8.12. The minimum atomic E-state index is -3.07. The van der Waals surface area contributed by atoms with E-state index in [1.54, 1.807) is 0 Å². The molecule has 0 aliphatic heterocycles. The van der Waals surface area contributed by atoms with Crippen LogP contribution in [0.3, 0.4) is 0 Å². The zero-order valence-corrected chi connectivity index (χ0v) is 13.0. The molecule has 3 nitrogen and oxygen atoms in total. The van der Waals surface area contributed by atoms with Gasteiger partial charge in [-0.05, 0) is 30.4 Å². The van der Waals surface area contributed by atoms with E-state index in [-0.39, 0.29) is 11.0 Å². The Morgan fingerprint density at radius 1 is 1.15 bits per heavy atom. The maximum Gasteiger partial charge on any atom is 0.155 e. The molecular weight excluding hydrogens is 270 g/mol. The van der Waals surface area contributed by atoms with Crippen molar-refractivity contribution in [2.75, 3.05) is 5.75 Å². The lowest BCUT2D eigenvalue weighted by atomic mass is 10.0. The van der Waals surface area contributed by atoms with E-state index >= 15 is 0 Å². The van der Waals surface area contributed by atoms with Gasteiger partial charge in [-0.25, -0.2) is 8.42 Å². The highest BCUT2D eigenvalue weighted by molar-refractivity contribution is 7.92. The second kappa shape index (κ2) is 6.72. The first kappa shape index (κ1) is 15.5. The monoisotopic (exact) mass is 295 g/mol. The van der Waals surface area contributed by atoms with Crippen LogP contribution >= 0.6 is 0 Å². The zero-order chi connectivity index (χ0) is 14.6. The number of rotatable bonds is 5. The van der Waals surface area contributed by atoms with Gasteiger partial charge in [0.1, 0.15) is 0 Å². The molecule has 0 bridgehead atoms. The van der Waals surface area contributed by atoms with Gasteiger partial charge in [-0.3, -0.25) is 0 Å². The molecule has 0 saturated heterocycles. The summed E-state index contributed by atoms with van der Waals surface area (Å²) in [5, 5.41) is -0.169. The normalized spacial score (nSPS) is 18.9. The Kier molecular flexibility index (Phi) is 5.22. The minimum absolute atomic E-state index is 0.0726. The summed E-state index contributed by atoms with van der Waals surface area (Å²) >= 11 is 0. The van der Waals surface area contributed by atoms with E-state index in [1.165, 1.54) is 5.56 Å². The van der Waals surface area contributed by atoms with Crippen molar-refractivity contribution in [3.05, 3.63) is 35.4 Å². The smallest absolute Gasteiger partial charge is 0.155 e. The van der Waals surface area contributed by atoms with Gasteiger partial charge in [-0.1, -0.05) is 50.5 Å². The van der Waals surface area contributed by atoms with Crippen LogP contribution in [-0.2, 0) is 16.3 Å². The average molecular weight is 295 g/mol. The highest BCUT2D eigenvalue weighted by Crippen LogP contribution is 2.26. The summed E-state index contributed by atoms with van der Waals surface area (Å²) in [4.78, 5) is 0. The molecule has 1 atom stereocenters. The molecule has 0 spiro atoms. The van der Waals surface area contributed by atoms with E-state index in [1.807, 2.05) is 24.3 Å². The predicted molar refractivity (Wildman–Crippen MR) is 83.4 cm³/mol. The fraction of sp³-hybridized carbons (Fsp3) is 0.625.